The number of amides is 2. The molecule has 0 spiro atoms. The number of rotatable bonds is 6. The molecule has 2 aliphatic rings. The van der Waals surface area contributed by atoms with Gasteiger partial charge >= 0.3 is 0 Å². The first kappa shape index (κ1) is 20.2. The number of allylic oxidation sites excluding steroid dienone is 1. The largest absolute Gasteiger partial charge is 0.491 e. The first-order chi connectivity index (χ1) is 13.5. The first-order valence-electron chi connectivity index (χ1n) is 9.80. The van der Waals surface area contributed by atoms with E-state index in [-0.39, 0.29) is 17.6 Å². The summed E-state index contributed by atoms with van der Waals surface area (Å²) in [6.07, 6.45) is 3.02. The predicted octanol–water partition coefficient (Wildman–Crippen LogP) is 2.74. The zero-order chi connectivity index (χ0) is 19.9. The van der Waals surface area contributed by atoms with E-state index in [2.05, 4.69) is 5.32 Å². The summed E-state index contributed by atoms with van der Waals surface area (Å²) in [6.45, 7) is 4.38. The van der Waals surface area contributed by atoms with Crippen LogP contribution in [0.2, 0.25) is 0 Å². The summed E-state index contributed by atoms with van der Waals surface area (Å²) in [5.41, 5.74) is 0.875. The molecule has 1 aromatic carbocycles. The molecule has 0 bridgehead atoms. The van der Waals surface area contributed by atoms with E-state index in [4.69, 9.17) is 9.47 Å². The average molecular weight is 390 g/mol. The molecule has 0 aromatic heterocycles. The van der Waals surface area contributed by atoms with Crippen molar-refractivity contribution in [2.75, 3.05) is 26.3 Å². The van der Waals surface area contributed by atoms with Crippen LogP contribution in [-0.4, -0.2) is 43.0 Å². The second-order valence-corrected chi connectivity index (χ2v) is 7.26. The summed E-state index contributed by atoms with van der Waals surface area (Å²) in [6, 6.07) is 6.11. The van der Waals surface area contributed by atoms with Gasteiger partial charge in [0.2, 0.25) is 11.7 Å². The van der Waals surface area contributed by atoms with Crippen LogP contribution in [0, 0.1) is 11.7 Å². The highest BCUT2D eigenvalue weighted by molar-refractivity contribution is 5.92. The summed E-state index contributed by atoms with van der Waals surface area (Å²) in [5, 5.41) is 2.87. The van der Waals surface area contributed by atoms with Gasteiger partial charge in [0.15, 0.2) is 0 Å². The highest BCUT2D eigenvalue weighted by Crippen LogP contribution is 2.24. The molecule has 0 radical (unpaired) electrons. The molecule has 0 aliphatic carbocycles. The van der Waals surface area contributed by atoms with E-state index in [1.54, 1.807) is 24.0 Å². The molecule has 1 N–H and O–H groups in total. The monoisotopic (exact) mass is 390 g/mol. The van der Waals surface area contributed by atoms with Crippen molar-refractivity contribution in [1.82, 2.24) is 10.2 Å². The summed E-state index contributed by atoms with van der Waals surface area (Å²) < 4.78 is 23.8. The summed E-state index contributed by atoms with van der Waals surface area (Å²) >= 11 is 0. The van der Waals surface area contributed by atoms with Gasteiger partial charge in [-0.25, -0.2) is 4.39 Å². The Balaban J connectivity index is 1.36. The number of benzene rings is 1. The molecule has 0 unspecified atom stereocenters. The smallest absolute Gasteiger partial charge is 0.292 e. The number of nitrogens with one attached hydrogen (secondary N) is 1. The molecule has 152 valence electrons. The van der Waals surface area contributed by atoms with Gasteiger partial charge in [0.25, 0.3) is 5.91 Å². The zero-order valence-electron chi connectivity index (χ0n) is 16.2. The summed E-state index contributed by atoms with van der Waals surface area (Å²) in [5.74, 6) is 0.915. The number of hydrogen-bond donors (Lipinski definition) is 1. The molecule has 0 saturated carbocycles. The van der Waals surface area contributed by atoms with E-state index in [0.717, 1.165) is 24.8 Å². The fourth-order valence-corrected chi connectivity index (χ4v) is 3.51. The van der Waals surface area contributed by atoms with Crippen molar-refractivity contribution >= 4 is 11.8 Å². The van der Waals surface area contributed by atoms with E-state index in [9.17, 15) is 14.0 Å². The van der Waals surface area contributed by atoms with Gasteiger partial charge in [-0.3, -0.25) is 9.59 Å². The van der Waals surface area contributed by atoms with Gasteiger partial charge in [0.1, 0.15) is 24.8 Å². The third kappa shape index (κ3) is 5.47. The number of piperidine rings is 1. The molecule has 2 aliphatic heterocycles. The lowest BCUT2D eigenvalue weighted by atomic mass is 9.92. The van der Waals surface area contributed by atoms with E-state index in [0.29, 0.717) is 56.7 Å². The Bertz CT molecular complexity index is 724. The molecule has 1 aromatic rings. The van der Waals surface area contributed by atoms with Gasteiger partial charge in [0, 0.05) is 26.1 Å². The number of halogens is 1. The molecule has 2 amide bonds. The Morgan fingerprint density at radius 1 is 1.14 bits per heavy atom. The third-order valence-electron chi connectivity index (χ3n) is 5.25. The lowest BCUT2D eigenvalue weighted by molar-refractivity contribution is -0.134. The lowest BCUT2D eigenvalue weighted by Crippen LogP contribution is -2.41. The van der Waals surface area contributed by atoms with Gasteiger partial charge in [0.05, 0.1) is 0 Å². The maximum atomic E-state index is 12.9. The summed E-state index contributed by atoms with van der Waals surface area (Å²) in [7, 11) is 0. The van der Waals surface area contributed by atoms with E-state index in [1.807, 2.05) is 0 Å². The van der Waals surface area contributed by atoms with Crippen LogP contribution in [0.4, 0.5) is 4.39 Å². The molecular formula is C21H27FN2O4. The van der Waals surface area contributed by atoms with Crippen LogP contribution in [0.3, 0.4) is 0 Å². The number of carbonyl (C=O) groups is 2. The topological polar surface area (TPSA) is 67.9 Å². The van der Waals surface area contributed by atoms with Gasteiger partial charge in [-0.15, -0.1) is 0 Å². The van der Waals surface area contributed by atoms with Crippen LogP contribution in [0.15, 0.2) is 35.8 Å². The molecule has 1 fully saturated rings. The van der Waals surface area contributed by atoms with Crippen LogP contribution in [0.25, 0.3) is 0 Å². The van der Waals surface area contributed by atoms with E-state index < -0.39 is 0 Å². The number of carbonyl (C=O) groups excluding carboxylic acids is 2. The van der Waals surface area contributed by atoms with Crippen molar-refractivity contribution in [2.24, 2.45) is 5.92 Å². The minimum atomic E-state index is -0.283. The van der Waals surface area contributed by atoms with Gasteiger partial charge in [-0.1, -0.05) is 12.1 Å². The van der Waals surface area contributed by atoms with Crippen LogP contribution in [0.1, 0.15) is 38.2 Å². The SMILES string of the molecule is CC1=C(C(=O)N2CCC(CCC(=O)NCc3ccc(F)cc3)CC2)OCCO1. The van der Waals surface area contributed by atoms with Crippen molar-refractivity contribution in [3.05, 3.63) is 47.2 Å². The molecule has 28 heavy (non-hydrogen) atoms. The highest BCUT2D eigenvalue weighted by Gasteiger charge is 2.29. The summed E-state index contributed by atoms with van der Waals surface area (Å²) in [4.78, 5) is 26.4. The van der Waals surface area contributed by atoms with Crippen LogP contribution >= 0.6 is 0 Å². The Labute approximate surface area is 164 Å². The van der Waals surface area contributed by atoms with Crippen molar-refractivity contribution in [3.8, 4) is 0 Å². The van der Waals surface area contributed by atoms with Crippen molar-refractivity contribution in [2.45, 2.75) is 39.2 Å². The van der Waals surface area contributed by atoms with Gasteiger partial charge in [-0.2, -0.15) is 0 Å². The second-order valence-electron chi connectivity index (χ2n) is 7.26. The Hall–Kier alpha value is -2.57. The standard InChI is InChI=1S/C21H27FN2O4/c1-15-20(28-13-12-27-15)21(26)24-10-8-16(9-11-24)4-7-19(25)23-14-17-2-5-18(22)6-3-17/h2-3,5-6,16H,4,7-14H2,1H3,(H,23,25). The molecule has 2 heterocycles. The number of nitrogens with zero attached hydrogens (tertiary/aromatic N) is 1. The van der Waals surface area contributed by atoms with E-state index >= 15 is 0 Å². The fourth-order valence-electron chi connectivity index (χ4n) is 3.51. The van der Waals surface area contributed by atoms with Crippen molar-refractivity contribution in [3.63, 3.8) is 0 Å². The van der Waals surface area contributed by atoms with Crippen LogP contribution in [-0.2, 0) is 25.6 Å². The highest BCUT2D eigenvalue weighted by atomic mass is 19.1. The predicted molar refractivity (Wildman–Crippen MR) is 101 cm³/mol. The molecule has 7 heteroatoms. The number of hydrogen-bond acceptors (Lipinski definition) is 4. The second kappa shape index (κ2) is 9.57. The molecular weight excluding hydrogens is 363 g/mol. The Morgan fingerprint density at radius 2 is 1.82 bits per heavy atom. The molecule has 3 rings (SSSR count). The fraction of sp³-hybridized carbons (Fsp3) is 0.524. The first-order valence-corrected chi connectivity index (χ1v) is 9.80. The molecule has 1 saturated heterocycles. The molecule has 0 atom stereocenters. The van der Waals surface area contributed by atoms with Gasteiger partial charge in [-0.05, 0) is 49.8 Å². The van der Waals surface area contributed by atoms with Gasteiger partial charge < -0.3 is 19.7 Å². The maximum absolute atomic E-state index is 12.9. The van der Waals surface area contributed by atoms with Crippen LogP contribution in [0.5, 0.6) is 0 Å². The normalized spacial score (nSPS) is 17.7. The van der Waals surface area contributed by atoms with Crippen molar-refractivity contribution in [1.29, 1.82) is 0 Å². The third-order valence-corrected chi connectivity index (χ3v) is 5.25. The average Bonchev–Trinajstić information content (AvgIpc) is 2.72. The zero-order valence-corrected chi connectivity index (χ0v) is 16.2. The van der Waals surface area contributed by atoms with Crippen LogP contribution < -0.4 is 5.32 Å². The maximum Gasteiger partial charge on any atom is 0.292 e. The molecule has 6 nitrogen and oxygen atoms in total. The minimum absolute atomic E-state index is 0.00337. The minimum Gasteiger partial charge on any atom is -0.491 e. The number of ether oxygens (including phenoxy) is 2. The quantitative estimate of drug-likeness (QED) is 0.811. The Kier molecular flexibility index (Phi) is 6.90. The van der Waals surface area contributed by atoms with E-state index in [1.165, 1.54) is 12.1 Å². The number of likely N-dealkylation sites (tertiary alicyclic amines) is 1. The lowest BCUT2D eigenvalue weighted by Gasteiger charge is -2.33. The van der Waals surface area contributed by atoms with Crippen molar-refractivity contribution < 1.29 is 23.5 Å². The Morgan fingerprint density at radius 3 is 2.50 bits per heavy atom.